The fraction of sp³-hybridized carbons (Fsp3) is 0.167. The number of fused-ring (bicyclic) bond motifs is 1. The van der Waals surface area contributed by atoms with E-state index in [4.69, 9.17) is 15.5 Å². The van der Waals surface area contributed by atoms with Crippen molar-refractivity contribution in [2.24, 2.45) is 0 Å². The molecule has 0 saturated heterocycles. The van der Waals surface area contributed by atoms with Crippen molar-refractivity contribution in [1.82, 2.24) is 4.98 Å². The summed E-state index contributed by atoms with van der Waals surface area (Å²) in [5, 5.41) is 1.00. The van der Waals surface area contributed by atoms with Crippen molar-refractivity contribution in [2.75, 3.05) is 12.8 Å². The molecule has 3 nitrogen and oxygen atoms in total. The number of ether oxygens (including phenoxy) is 1. The van der Waals surface area contributed by atoms with E-state index >= 15 is 0 Å². The highest BCUT2D eigenvalue weighted by Gasteiger charge is 2.08. The van der Waals surface area contributed by atoms with Crippen LogP contribution in [-0.2, 0) is 17.8 Å². The van der Waals surface area contributed by atoms with Gasteiger partial charge in [-0.25, -0.2) is 4.98 Å². The van der Waals surface area contributed by atoms with Gasteiger partial charge in [-0.05, 0) is 23.6 Å². The first-order valence-corrected chi connectivity index (χ1v) is 6.98. The zero-order valence-electron chi connectivity index (χ0n) is 12.0. The molecule has 0 aliphatic rings. The van der Waals surface area contributed by atoms with Gasteiger partial charge in [0.05, 0.1) is 17.8 Å². The Bertz CT molecular complexity index is 754. The third-order valence-corrected chi connectivity index (χ3v) is 3.54. The van der Waals surface area contributed by atoms with Crippen molar-refractivity contribution in [3.05, 3.63) is 71.4 Å². The smallest absolute Gasteiger partial charge is 0.0885 e. The minimum atomic E-state index is 0.472. The third-order valence-electron chi connectivity index (χ3n) is 3.54. The molecular formula is C18H18N2O. The van der Waals surface area contributed by atoms with Crippen LogP contribution in [0.4, 0.5) is 5.69 Å². The summed E-state index contributed by atoms with van der Waals surface area (Å²) in [5.74, 6) is 0. The molecule has 0 saturated carbocycles. The molecule has 2 aromatic carbocycles. The number of aromatic nitrogens is 1. The van der Waals surface area contributed by atoms with Gasteiger partial charge >= 0.3 is 0 Å². The maximum absolute atomic E-state index is 6.15. The van der Waals surface area contributed by atoms with Crippen LogP contribution in [-0.4, -0.2) is 12.1 Å². The molecule has 106 valence electrons. The van der Waals surface area contributed by atoms with E-state index in [2.05, 4.69) is 30.3 Å². The Morgan fingerprint density at radius 1 is 1.05 bits per heavy atom. The first-order chi connectivity index (χ1) is 10.3. The normalized spacial score (nSPS) is 10.9. The fourth-order valence-corrected chi connectivity index (χ4v) is 2.57. The van der Waals surface area contributed by atoms with E-state index in [0.717, 1.165) is 28.7 Å². The molecule has 0 radical (unpaired) electrons. The average Bonchev–Trinajstić information content (AvgIpc) is 2.50. The molecule has 0 fully saturated rings. The monoisotopic (exact) mass is 278 g/mol. The van der Waals surface area contributed by atoms with E-state index in [1.165, 1.54) is 11.1 Å². The van der Waals surface area contributed by atoms with Crippen molar-refractivity contribution in [3.8, 4) is 0 Å². The maximum Gasteiger partial charge on any atom is 0.0885 e. The van der Waals surface area contributed by atoms with Gasteiger partial charge in [0.25, 0.3) is 0 Å². The molecular weight excluding hydrogens is 260 g/mol. The molecule has 1 heterocycles. The van der Waals surface area contributed by atoms with Crippen LogP contribution in [0.25, 0.3) is 10.9 Å². The number of methoxy groups -OCH3 is 1. The lowest BCUT2D eigenvalue weighted by atomic mass is 10.0. The Morgan fingerprint density at radius 3 is 2.62 bits per heavy atom. The Balaban J connectivity index is 2.09. The molecule has 0 bridgehead atoms. The van der Waals surface area contributed by atoms with E-state index in [0.29, 0.717) is 6.61 Å². The highest BCUT2D eigenvalue weighted by molar-refractivity contribution is 5.92. The largest absolute Gasteiger partial charge is 0.398 e. The minimum Gasteiger partial charge on any atom is -0.398 e. The van der Waals surface area contributed by atoms with E-state index in [9.17, 15) is 0 Å². The molecule has 0 aliphatic carbocycles. The van der Waals surface area contributed by atoms with Gasteiger partial charge < -0.3 is 10.5 Å². The molecule has 2 N–H and O–H groups in total. The summed E-state index contributed by atoms with van der Waals surface area (Å²) < 4.78 is 5.17. The number of para-hydroxylation sites is 1. The number of nitrogen functional groups attached to an aromatic ring is 1. The van der Waals surface area contributed by atoms with Gasteiger partial charge in [-0.2, -0.15) is 0 Å². The predicted molar refractivity (Wildman–Crippen MR) is 86.1 cm³/mol. The number of hydrogen-bond donors (Lipinski definition) is 1. The van der Waals surface area contributed by atoms with Gasteiger partial charge in [0.2, 0.25) is 0 Å². The summed E-state index contributed by atoms with van der Waals surface area (Å²) in [5.41, 5.74) is 11.2. The summed E-state index contributed by atoms with van der Waals surface area (Å²) in [4.78, 5) is 4.72. The fourth-order valence-electron chi connectivity index (χ4n) is 2.57. The summed E-state index contributed by atoms with van der Waals surface area (Å²) in [6, 6.07) is 18.4. The Labute approximate surface area is 124 Å². The molecule has 21 heavy (non-hydrogen) atoms. The second-order valence-electron chi connectivity index (χ2n) is 5.11. The third kappa shape index (κ3) is 2.88. The summed E-state index contributed by atoms with van der Waals surface area (Å²) >= 11 is 0. The van der Waals surface area contributed by atoms with Crippen LogP contribution in [0.15, 0.2) is 54.6 Å². The van der Waals surface area contributed by atoms with Gasteiger partial charge in [-0.3, -0.25) is 0 Å². The van der Waals surface area contributed by atoms with Gasteiger partial charge in [0.1, 0.15) is 0 Å². The number of nitrogens with zero attached hydrogens (tertiary/aromatic N) is 1. The molecule has 3 heteroatoms. The Hall–Kier alpha value is -2.39. The molecule has 3 aromatic rings. The van der Waals surface area contributed by atoms with E-state index in [1.807, 2.05) is 24.3 Å². The highest BCUT2D eigenvalue weighted by Crippen LogP contribution is 2.25. The molecule has 0 atom stereocenters. The topological polar surface area (TPSA) is 48.1 Å². The SMILES string of the molecule is COCc1cc(N)c2cccc(Cc3ccccc3)c2n1. The van der Waals surface area contributed by atoms with E-state index in [-0.39, 0.29) is 0 Å². The van der Waals surface area contributed by atoms with Crippen molar-refractivity contribution in [3.63, 3.8) is 0 Å². The minimum absolute atomic E-state index is 0.472. The first-order valence-electron chi connectivity index (χ1n) is 6.98. The van der Waals surface area contributed by atoms with Gasteiger partial charge in [-0.1, -0.05) is 48.5 Å². The van der Waals surface area contributed by atoms with Gasteiger partial charge in [-0.15, -0.1) is 0 Å². The van der Waals surface area contributed by atoms with E-state index < -0.39 is 0 Å². The first kappa shape index (κ1) is 13.6. The van der Waals surface area contributed by atoms with E-state index in [1.54, 1.807) is 7.11 Å². The quantitative estimate of drug-likeness (QED) is 0.794. The van der Waals surface area contributed by atoms with Crippen molar-refractivity contribution in [2.45, 2.75) is 13.0 Å². The van der Waals surface area contributed by atoms with Crippen molar-refractivity contribution in [1.29, 1.82) is 0 Å². The second kappa shape index (κ2) is 5.94. The molecule has 0 spiro atoms. The van der Waals surface area contributed by atoms with Crippen molar-refractivity contribution >= 4 is 16.6 Å². The van der Waals surface area contributed by atoms with Crippen LogP contribution in [0, 0.1) is 0 Å². The lowest BCUT2D eigenvalue weighted by Gasteiger charge is -2.10. The summed E-state index contributed by atoms with van der Waals surface area (Å²) in [7, 11) is 1.66. The van der Waals surface area contributed by atoms with Crippen LogP contribution < -0.4 is 5.73 Å². The predicted octanol–water partition coefficient (Wildman–Crippen LogP) is 3.55. The molecule has 0 aliphatic heterocycles. The second-order valence-corrected chi connectivity index (χ2v) is 5.11. The van der Waals surface area contributed by atoms with Crippen molar-refractivity contribution < 1.29 is 4.74 Å². The number of hydrogen-bond acceptors (Lipinski definition) is 3. The summed E-state index contributed by atoms with van der Waals surface area (Å²) in [6.45, 7) is 0.472. The molecule has 0 amide bonds. The van der Waals surface area contributed by atoms with Crippen LogP contribution in [0.2, 0.25) is 0 Å². The van der Waals surface area contributed by atoms with Gasteiger partial charge in [0.15, 0.2) is 0 Å². The number of benzene rings is 2. The van der Waals surface area contributed by atoms with Crippen LogP contribution in [0.1, 0.15) is 16.8 Å². The number of anilines is 1. The number of rotatable bonds is 4. The standard InChI is InChI=1S/C18H18N2O/c1-21-12-15-11-17(19)16-9-5-8-14(18(16)20-15)10-13-6-3-2-4-7-13/h2-9,11H,10,12H2,1H3,(H2,19,20). The number of nitrogens with two attached hydrogens (primary N) is 1. The van der Waals surface area contributed by atoms with Crippen LogP contribution in [0.3, 0.4) is 0 Å². The van der Waals surface area contributed by atoms with Crippen LogP contribution >= 0.6 is 0 Å². The molecule has 1 aromatic heterocycles. The highest BCUT2D eigenvalue weighted by atomic mass is 16.5. The zero-order chi connectivity index (χ0) is 14.7. The number of pyridine rings is 1. The molecule has 0 unspecified atom stereocenters. The van der Waals surface area contributed by atoms with Gasteiger partial charge in [0, 0.05) is 18.2 Å². The average molecular weight is 278 g/mol. The lowest BCUT2D eigenvalue weighted by Crippen LogP contribution is -2.00. The zero-order valence-corrected chi connectivity index (χ0v) is 12.0. The summed E-state index contributed by atoms with van der Waals surface area (Å²) in [6.07, 6.45) is 0.848. The Kier molecular flexibility index (Phi) is 3.84. The molecule has 3 rings (SSSR count). The van der Waals surface area contributed by atoms with Crippen LogP contribution in [0.5, 0.6) is 0 Å². The maximum atomic E-state index is 6.15. The Morgan fingerprint density at radius 2 is 1.86 bits per heavy atom. The lowest BCUT2D eigenvalue weighted by molar-refractivity contribution is 0.182.